The van der Waals surface area contributed by atoms with Crippen molar-refractivity contribution in [3.63, 3.8) is 0 Å². The number of benzene rings is 2. The molecule has 0 amide bonds. The Kier molecular flexibility index (Phi) is 5.12. The minimum Gasteiger partial charge on any atom is -0.478 e. The lowest BCUT2D eigenvalue weighted by Crippen LogP contribution is -2.00. The number of nitrogens with zero attached hydrogens (tertiary/aromatic N) is 3. The van der Waals surface area contributed by atoms with Crippen LogP contribution in [0.1, 0.15) is 20.9 Å². The number of aromatic carboxylic acids is 1. The molecule has 28 heavy (non-hydrogen) atoms. The van der Waals surface area contributed by atoms with E-state index in [4.69, 9.17) is 0 Å². The number of carbonyl (C=O) groups is 1. The van der Waals surface area contributed by atoms with Crippen LogP contribution in [0.2, 0.25) is 0 Å². The Balaban J connectivity index is 1.81. The zero-order chi connectivity index (χ0) is 19.3. The van der Waals surface area contributed by atoms with Gasteiger partial charge < -0.3 is 9.67 Å². The summed E-state index contributed by atoms with van der Waals surface area (Å²) in [5.74, 6) is -0.946. The molecule has 0 aliphatic rings. The second-order valence-electron chi connectivity index (χ2n) is 6.26. The molecular formula is C22H17N3O2S. The maximum Gasteiger partial charge on any atom is 0.335 e. The van der Waals surface area contributed by atoms with Crippen molar-refractivity contribution in [1.29, 1.82) is 0 Å². The second kappa shape index (κ2) is 8.02. The SMILES string of the molecule is O=C(O)c1cc(/C=C(\Cn2ccnc2)c2nccs2)cc(-c2ccccc2)c1. The van der Waals surface area contributed by atoms with Gasteiger partial charge in [0, 0.05) is 29.5 Å². The van der Waals surface area contributed by atoms with E-state index in [1.807, 2.05) is 58.6 Å². The second-order valence-corrected chi connectivity index (χ2v) is 7.15. The monoisotopic (exact) mass is 387 g/mol. The Morgan fingerprint density at radius 3 is 2.64 bits per heavy atom. The molecule has 0 saturated carbocycles. The Labute approximate surface area is 166 Å². The normalized spacial score (nSPS) is 11.5. The molecule has 5 nitrogen and oxygen atoms in total. The van der Waals surface area contributed by atoms with E-state index in [0.717, 1.165) is 27.3 Å². The molecule has 0 unspecified atom stereocenters. The van der Waals surface area contributed by atoms with Crippen molar-refractivity contribution in [3.05, 3.63) is 95.0 Å². The van der Waals surface area contributed by atoms with E-state index in [1.165, 1.54) is 0 Å². The highest BCUT2D eigenvalue weighted by molar-refractivity contribution is 7.10. The van der Waals surface area contributed by atoms with Crippen LogP contribution in [-0.4, -0.2) is 25.6 Å². The molecule has 0 fully saturated rings. The fourth-order valence-electron chi connectivity index (χ4n) is 2.99. The van der Waals surface area contributed by atoms with Crippen molar-refractivity contribution < 1.29 is 9.90 Å². The maximum absolute atomic E-state index is 11.7. The van der Waals surface area contributed by atoms with E-state index in [9.17, 15) is 9.90 Å². The molecule has 4 rings (SSSR count). The molecule has 4 aromatic rings. The minimum absolute atomic E-state index is 0.258. The quantitative estimate of drug-likeness (QED) is 0.508. The van der Waals surface area contributed by atoms with Gasteiger partial charge in [0.25, 0.3) is 0 Å². The average Bonchev–Trinajstić information content (AvgIpc) is 3.42. The number of rotatable bonds is 6. The number of aromatic nitrogens is 3. The predicted molar refractivity (Wildman–Crippen MR) is 111 cm³/mol. The first-order valence-corrected chi connectivity index (χ1v) is 9.57. The first-order valence-electron chi connectivity index (χ1n) is 8.69. The molecule has 2 heterocycles. The first-order chi connectivity index (χ1) is 13.7. The summed E-state index contributed by atoms with van der Waals surface area (Å²) in [7, 11) is 0. The molecular weight excluding hydrogens is 370 g/mol. The van der Waals surface area contributed by atoms with Crippen molar-refractivity contribution in [2.45, 2.75) is 6.54 Å². The topological polar surface area (TPSA) is 68.0 Å². The van der Waals surface area contributed by atoms with Crippen LogP contribution >= 0.6 is 11.3 Å². The highest BCUT2D eigenvalue weighted by Crippen LogP contribution is 2.27. The van der Waals surface area contributed by atoms with Crippen LogP contribution in [0, 0.1) is 0 Å². The highest BCUT2D eigenvalue weighted by atomic mass is 32.1. The van der Waals surface area contributed by atoms with Gasteiger partial charge >= 0.3 is 5.97 Å². The third-order valence-electron chi connectivity index (χ3n) is 4.27. The number of carboxylic acid groups (broad SMARTS) is 1. The Hall–Kier alpha value is -3.51. The van der Waals surface area contributed by atoms with Gasteiger partial charge in [-0.05, 0) is 41.0 Å². The van der Waals surface area contributed by atoms with Gasteiger partial charge in [0.15, 0.2) is 0 Å². The molecule has 0 saturated heterocycles. The van der Waals surface area contributed by atoms with E-state index in [-0.39, 0.29) is 5.56 Å². The lowest BCUT2D eigenvalue weighted by molar-refractivity contribution is 0.0697. The van der Waals surface area contributed by atoms with Crippen molar-refractivity contribution >= 4 is 29.0 Å². The smallest absolute Gasteiger partial charge is 0.335 e. The van der Waals surface area contributed by atoms with Crippen LogP contribution in [0.15, 0.2) is 78.8 Å². The zero-order valence-electron chi connectivity index (χ0n) is 14.9. The van der Waals surface area contributed by atoms with Gasteiger partial charge in [-0.25, -0.2) is 14.8 Å². The van der Waals surface area contributed by atoms with Crippen LogP contribution in [0.25, 0.3) is 22.8 Å². The standard InChI is InChI=1S/C22H17N3O2S/c26-22(27)19-11-16(10-18(13-19)17-4-2-1-3-5-17)12-20(21-24-7-9-28-21)14-25-8-6-23-15-25/h1-13,15H,14H2,(H,26,27)/b20-12+. The molecule has 0 bridgehead atoms. The van der Waals surface area contributed by atoms with Gasteiger partial charge in [-0.1, -0.05) is 30.3 Å². The van der Waals surface area contributed by atoms with E-state index < -0.39 is 5.97 Å². The molecule has 6 heteroatoms. The molecule has 138 valence electrons. The van der Waals surface area contributed by atoms with Crippen LogP contribution in [0.4, 0.5) is 0 Å². The van der Waals surface area contributed by atoms with E-state index in [2.05, 4.69) is 9.97 Å². The lowest BCUT2D eigenvalue weighted by atomic mass is 9.98. The number of allylic oxidation sites excluding steroid dienone is 1. The van der Waals surface area contributed by atoms with E-state index in [0.29, 0.717) is 6.54 Å². The summed E-state index contributed by atoms with van der Waals surface area (Å²) in [5, 5.41) is 12.4. The number of imidazole rings is 1. The third kappa shape index (κ3) is 4.07. The summed E-state index contributed by atoms with van der Waals surface area (Å²) in [5.41, 5.74) is 3.92. The Bertz CT molecular complexity index is 1100. The number of thiazole rings is 1. The van der Waals surface area contributed by atoms with Crippen molar-refractivity contribution in [3.8, 4) is 11.1 Å². The highest BCUT2D eigenvalue weighted by Gasteiger charge is 2.11. The number of hydrogen-bond donors (Lipinski definition) is 1. The average molecular weight is 387 g/mol. The summed E-state index contributed by atoms with van der Waals surface area (Å²) in [6, 6.07) is 15.2. The zero-order valence-corrected chi connectivity index (χ0v) is 15.7. The van der Waals surface area contributed by atoms with Gasteiger partial charge in [0.1, 0.15) is 5.01 Å². The molecule has 0 aliphatic carbocycles. The van der Waals surface area contributed by atoms with Crippen molar-refractivity contribution in [1.82, 2.24) is 14.5 Å². The fraction of sp³-hybridized carbons (Fsp3) is 0.0455. The first kappa shape index (κ1) is 17.9. The largest absolute Gasteiger partial charge is 0.478 e. The van der Waals surface area contributed by atoms with Gasteiger partial charge in [0.05, 0.1) is 18.4 Å². The van der Waals surface area contributed by atoms with Gasteiger partial charge in [-0.2, -0.15) is 0 Å². The van der Waals surface area contributed by atoms with E-state index >= 15 is 0 Å². The van der Waals surface area contributed by atoms with Crippen LogP contribution in [0.5, 0.6) is 0 Å². The summed E-state index contributed by atoms with van der Waals surface area (Å²) >= 11 is 1.55. The van der Waals surface area contributed by atoms with Gasteiger partial charge in [-0.15, -0.1) is 11.3 Å². The minimum atomic E-state index is -0.946. The van der Waals surface area contributed by atoms with E-state index in [1.54, 1.807) is 42.2 Å². The molecule has 0 aliphatic heterocycles. The number of hydrogen-bond acceptors (Lipinski definition) is 4. The Morgan fingerprint density at radius 2 is 1.96 bits per heavy atom. The molecule has 1 N–H and O–H groups in total. The molecule has 2 aromatic heterocycles. The molecule has 0 spiro atoms. The predicted octanol–water partition coefficient (Wildman–Crippen LogP) is 4.95. The van der Waals surface area contributed by atoms with Crippen LogP contribution in [0.3, 0.4) is 0 Å². The van der Waals surface area contributed by atoms with Gasteiger partial charge in [0.2, 0.25) is 0 Å². The fourth-order valence-corrected chi connectivity index (χ4v) is 3.64. The summed E-state index contributed by atoms with van der Waals surface area (Å²) < 4.78 is 1.96. The number of carboxylic acids is 1. The summed E-state index contributed by atoms with van der Waals surface area (Å²) in [6.45, 7) is 0.603. The maximum atomic E-state index is 11.7. The Morgan fingerprint density at radius 1 is 1.11 bits per heavy atom. The summed E-state index contributed by atoms with van der Waals surface area (Å²) in [6.07, 6.45) is 9.15. The van der Waals surface area contributed by atoms with Gasteiger partial charge in [-0.3, -0.25) is 0 Å². The van der Waals surface area contributed by atoms with Crippen molar-refractivity contribution in [2.24, 2.45) is 0 Å². The third-order valence-corrected chi connectivity index (χ3v) is 5.12. The molecule has 0 atom stereocenters. The summed E-state index contributed by atoms with van der Waals surface area (Å²) in [4.78, 5) is 20.2. The molecule has 0 radical (unpaired) electrons. The molecule has 2 aromatic carbocycles. The van der Waals surface area contributed by atoms with Crippen molar-refractivity contribution in [2.75, 3.05) is 0 Å². The van der Waals surface area contributed by atoms with Crippen LogP contribution < -0.4 is 0 Å². The van der Waals surface area contributed by atoms with Crippen LogP contribution in [-0.2, 0) is 6.54 Å². The lowest BCUT2D eigenvalue weighted by Gasteiger charge is -2.09.